The van der Waals surface area contributed by atoms with Gasteiger partial charge in [0.15, 0.2) is 5.96 Å². The lowest BCUT2D eigenvalue weighted by Gasteiger charge is -2.30. The number of rotatable bonds is 5. The molecule has 2 fully saturated rings. The summed E-state index contributed by atoms with van der Waals surface area (Å²) in [4.78, 5) is 4.26. The van der Waals surface area contributed by atoms with E-state index in [4.69, 9.17) is 0 Å². The van der Waals surface area contributed by atoms with Gasteiger partial charge >= 0.3 is 0 Å². The smallest absolute Gasteiger partial charge is 0.191 e. The van der Waals surface area contributed by atoms with Gasteiger partial charge in [-0.05, 0) is 37.8 Å². The summed E-state index contributed by atoms with van der Waals surface area (Å²) in [7, 11) is 0.927. The molecular weight excluding hydrogens is 356 g/mol. The average molecular weight is 384 g/mol. The predicted octanol–water partition coefficient (Wildman–Crippen LogP) is 3.07. The second kappa shape index (κ2) is 8.46. The molecule has 0 aromatic heterocycles. The van der Waals surface area contributed by atoms with Crippen molar-refractivity contribution in [2.75, 3.05) is 12.8 Å². The SMILES string of the molecule is CCS(=O)C1CCCC(NC(=NC)NC2CC2c2c(F)cccc2F)C1. The molecule has 0 aliphatic heterocycles. The molecule has 5 atom stereocenters. The number of nitrogens with one attached hydrogen (secondary N) is 2. The van der Waals surface area contributed by atoms with E-state index in [0.29, 0.717) is 18.1 Å². The zero-order chi connectivity index (χ0) is 18.7. The third-order valence-electron chi connectivity index (χ3n) is 5.33. The highest BCUT2D eigenvalue weighted by Gasteiger charge is 2.42. The van der Waals surface area contributed by atoms with Crippen LogP contribution in [0.25, 0.3) is 0 Å². The number of aliphatic imine (C=N–C) groups is 1. The highest BCUT2D eigenvalue weighted by Crippen LogP contribution is 2.43. The van der Waals surface area contributed by atoms with E-state index in [-0.39, 0.29) is 28.8 Å². The van der Waals surface area contributed by atoms with Crippen molar-refractivity contribution < 1.29 is 13.0 Å². The molecule has 0 heterocycles. The number of guanidine groups is 1. The molecule has 2 N–H and O–H groups in total. The molecule has 26 heavy (non-hydrogen) atoms. The van der Waals surface area contributed by atoms with Gasteiger partial charge in [0, 0.05) is 52.4 Å². The summed E-state index contributed by atoms with van der Waals surface area (Å²) in [5, 5.41) is 6.92. The van der Waals surface area contributed by atoms with E-state index in [1.165, 1.54) is 18.2 Å². The highest BCUT2D eigenvalue weighted by molar-refractivity contribution is 7.85. The molecule has 2 aliphatic rings. The molecule has 2 saturated carbocycles. The van der Waals surface area contributed by atoms with Gasteiger partial charge in [-0.3, -0.25) is 9.20 Å². The van der Waals surface area contributed by atoms with Crippen LogP contribution in [0.3, 0.4) is 0 Å². The molecule has 0 spiro atoms. The van der Waals surface area contributed by atoms with E-state index in [9.17, 15) is 13.0 Å². The lowest BCUT2D eigenvalue weighted by Crippen LogP contribution is -2.47. The van der Waals surface area contributed by atoms with Gasteiger partial charge in [0.2, 0.25) is 0 Å². The second-order valence-corrected chi connectivity index (χ2v) is 9.11. The van der Waals surface area contributed by atoms with Gasteiger partial charge in [0.1, 0.15) is 11.6 Å². The fraction of sp³-hybridized carbons (Fsp3) is 0.632. The quantitative estimate of drug-likeness (QED) is 0.607. The minimum atomic E-state index is -0.769. The van der Waals surface area contributed by atoms with Crippen molar-refractivity contribution in [3.8, 4) is 0 Å². The van der Waals surface area contributed by atoms with Gasteiger partial charge in [-0.25, -0.2) is 8.78 Å². The fourth-order valence-corrected chi connectivity index (χ4v) is 5.18. The Hall–Kier alpha value is -1.50. The first-order chi connectivity index (χ1) is 12.5. The van der Waals surface area contributed by atoms with Crippen LogP contribution in [0, 0.1) is 11.6 Å². The summed E-state index contributed by atoms with van der Waals surface area (Å²) >= 11 is 0. The third kappa shape index (κ3) is 4.42. The van der Waals surface area contributed by atoms with Gasteiger partial charge < -0.3 is 10.6 Å². The van der Waals surface area contributed by atoms with Crippen molar-refractivity contribution in [1.82, 2.24) is 10.6 Å². The second-order valence-electron chi connectivity index (χ2n) is 7.10. The van der Waals surface area contributed by atoms with Crippen molar-refractivity contribution >= 4 is 16.8 Å². The lowest BCUT2D eigenvalue weighted by molar-refractivity contribution is 0.413. The van der Waals surface area contributed by atoms with E-state index in [0.717, 1.165) is 25.7 Å². The Kier molecular flexibility index (Phi) is 6.27. The summed E-state index contributed by atoms with van der Waals surface area (Å²) in [6, 6.07) is 4.21. The minimum absolute atomic E-state index is 0.0169. The molecule has 0 radical (unpaired) electrons. The number of nitrogens with zero attached hydrogens (tertiary/aromatic N) is 1. The number of hydrogen-bond acceptors (Lipinski definition) is 2. The fourth-order valence-electron chi connectivity index (χ4n) is 3.83. The Bertz CT molecular complexity index is 677. The molecule has 4 nitrogen and oxygen atoms in total. The van der Waals surface area contributed by atoms with Gasteiger partial charge in [0.05, 0.1) is 0 Å². The highest BCUT2D eigenvalue weighted by atomic mass is 32.2. The Labute approximate surface area is 156 Å². The van der Waals surface area contributed by atoms with Crippen LogP contribution < -0.4 is 10.6 Å². The summed E-state index contributed by atoms with van der Waals surface area (Å²) in [6.45, 7) is 1.96. The monoisotopic (exact) mass is 383 g/mol. The average Bonchev–Trinajstić information content (AvgIpc) is 3.39. The first-order valence-corrected chi connectivity index (χ1v) is 10.7. The van der Waals surface area contributed by atoms with Crippen LogP contribution >= 0.6 is 0 Å². The van der Waals surface area contributed by atoms with Crippen LogP contribution in [0.4, 0.5) is 8.78 Å². The number of hydrogen-bond donors (Lipinski definition) is 2. The summed E-state index contributed by atoms with van der Waals surface area (Å²) in [5.74, 6) is 0.213. The molecule has 7 heteroatoms. The molecule has 1 aromatic rings. The maximum Gasteiger partial charge on any atom is 0.191 e. The lowest BCUT2D eigenvalue weighted by atomic mass is 9.95. The van der Waals surface area contributed by atoms with Crippen molar-refractivity contribution in [2.45, 2.75) is 62.3 Å². The van der Waals surface area contributed by atoms with Gasteiger partial charge in [-0.1, -0.05) is 19.4 Å². The van der Waals surface area contributed by atoms with Crippen LogP contribution in [0.2, 0.25) is 0 Å². The van der Waals surface area contributed by atoms with E-state index in [1.807, 2.05) is 6.92 Å². The third-order valence-corrected chi connectivity index (χ3v) is 7.07. The molecule has 3 rings (SSSR count). The number of halogens is 2. The Morgan fingerprint density at radius 2 is 1.96 bits per heavy atom. The van der Waals surface area contributed by atoms with Crippen LogP contribution in [-0.4, -0.2) is 40.3 Å². The van der Waals surface area contributed by atoms with Crippen LogP contribution in [0.5, 0.6) is 0 Å². The summed E-state index contributed by atoms with van der Waals surface area (Å²) < 4.78 is 39.9. The largest absolute Gasteiger partial charge is 0.354 e. The van der Waals surface area contributed by atoms with Crippen molar-refractivity contribution in [1.29, 1.82) is 0 Å². The Morgan fingerprint density at radius 1 is 1.23 bits per heavy atom. The first-order valence-electron chi connectivity index (χ1n) is 9.34. The van der Waals surface area contributed by atoms with E-state index in [2.05, 4.69) is 15.6 Å². The molecular formula is C19H27F2N3OS. The normalized spacial score (nSPS) is 29.9. The molecule has 0 bridgehead atoms. The van der Waals surface area contributed by atoms with Crippen LogP contribution in [-0.2, 0) is 10.8 Å². The molecule has 5 unspecified atom stereocenters. The van der Waals surface area contributed by atoms with Gasteiger partial charge in [0.25, 0.3) is 0 Å². The first kappa shape index (κ1) is 19.3. The topological polar surface area (TPSA) is 53.5 Å². The maximum atomic E-state index is 13.9. The number of benzene rings is 1. The molecule has 2 aliphatic carbocycles. The van der Waals surface area contributed by atoms with E-state index in [1.54, 1.807) is 7.05 Å². The molecule has 0 saturated heterocycles. The minimum Gasteiger partial charge on any atom is -0.354 e. The van der Waals surface area contributed by atoms with E-state index >= 15 is 0 Å². The van der Waals surface area contributed by atoms with E-state index < -0.39 is 22.4 Å². The Balaban J connectivity index is 1.56. The summed E-state index contributed by atoms with van der Waals surface area (Å²) in [6.07, 6.45) is 4.65. The van der Waals surface area contributed by atoms with Crippen molar-refractivity contribution in [3.63, 3.8) is 0 Å². The van der Waals surface area contributed by atoms with Crippen molar-refractivity contribution in [2.24, 2.45) is 4.99 Å². The van der Waals surface area contributed by atoms with Gasteiger partial charge in [-0.15, -0.1) is 0 Å². The summed E-state index contributed by atoms with van der Waals surface area (Å²) in [5.41, 5.74) is 0.163. The van der Waals surface area contributed by atoms with Crippen molar-refractivity contribution in [3.05, 3.63) is 35.4 Å². The van der Waals surface area contributed by atoms with Gasteiger partial charge in [-0.2, -0.15) is 0 Å². The predicted molar refractivity (Wildman–Crippen MR) is 102 cm³/mol. The zero-order valence-corrected chi connectivity index (χ0v) is 16.1. The molecule has 1 aromatic carbocycles. The maximum absolute atomic E-state index is 13.9. The molecule has 0 amide bonds. The zero-order valence-electron chi connectivity index (χ0n) is 15.3. The standard InChI is InChI=1S/C19H27F2N3OS/c1-3-26(25)13-7-4-6-12(10-13)23-19(22-2)24-17-11-14(17)18-15(20)8-5-9-16(18)21/h5,8-9,12-14,17H,3-4,6-7,10-11H2,1-2H3,(H2,22,23,24). The van der Waals surface area contributed by atoms with Crippen LogP contribution in [0.15, 0.2) is 23.2 Å². The Morgan fingerprint density at radius 3 is 2.62 bits per heavy atom. The van der Waals surface area contributed by atoms with Crippen LogP contribution in [0.1, 0.15) is 50.5 Å². The molecule has 144 valence electrons.